The van der Waals surface area contributed by atoms with Gasteiger partial charge in [0.1, 0.15) is 0 Å². The van der Waals surface area contributed by atoms with Gasteiger partial charge in [0.25, 0.3) is 0 Å². The largest absolute Gasteiger partial charge is 0.398 e. The summed E-state index contributed by atoms with van der Waals surface area (Å²) >= 11 is 8.56. The summed E-state index contributed by atoms with van der Waals surface area (Å²) in [4.78, 5) is 2.23. The molecule has 0 heterocycles. The van der Waals surface area contributed by atoms with Crippen molar-refractivity contribution in [2.45, 2.75) is 9.79 Å². The van der Waals surface area contributed by atoms with E-state index in [4.69, 9.17) is 5.73 Å². The number of hydrogen-bond donors (Lipinski definition) is 1. The van der Waals surface area contributed by atoms with E-state index in [2.05, 4.69) is 44.0 Å². The van der Waals surface area contributed by atoms with Crippen molar-refractivity contribution < 1.29 is 0 Å². The van der Waals surface area contributed by atoms with E-state index in [-0.39, 0.29) is 0 Å². The van der Waals surface area contributed by atoms with Gasteiger partial charge in [-0.1, -0.05) is 49.7 Å². The molecular weight excluding hydrogens is 350 g/mol. The van der Waals surface area contributed by atoms with Crippen LogP contribution in [0.15, 0.2) is 61.2 Å². The first-order valence-electron chi connectivity index (χ1n) is 4.63. The van der Waals surface area contributed by atoms with Crippen LogP contribution in [0.1, 0.15) is 0 Å². The zero-order valence-corrected chi connectivity index (χ0v) is 12.3. The fourth-order valence-electron chi connectivity index (χ4n) is 1.25. The summed E-state index contributed by atoms with van der Waals surface area (Å²) in [5, 5.41) is 0. The predicted molar refractivity (Wildman–Crippen MR) is 76.8 cm³/mol. The maximum Gasteiger partial charge on any atom is 0.0456 e. The summed E-state index contributed by atoms with van der Waals surface area (Å²) in [6, 6.07) is 14.0. The fraction of sp³-hybridized carbons (Fsp3) is 0. The van der Waals surface area contributed by atoms with Crippen LogP contribution >= 0.6 is 43.6 Å². The highest BCUT2D eigenvalue weighted by atomic mass is 79.9. The smallest absolute Gasteiger partial charge is 0.0456 e. The summed E-state index contributed by atoms with van der Waals surface area (Å²) in [5.41, 5.74) is 6.72. The van der Waals surface area contributed by atoms with Gasteiger partial charge < -0.3 is 5.73 Å². The molecule has 2 aromatic carbocycles. The summed E-state index contributed by atoms with van der Waals surface area (Å²) < 4.78 is 2.12. The Morgan fingerprint density at radius 3 is 2.44 bits per heavy atom. The minimum atomic E-state index is 0.799. The Kier molecular flexibility index (Phi) is 3.95. The molecule has 0 aliphatic heterocycles. The first kappa shape index (κ1) is 12.0. The molecule has 0 amide bonds. The van der Waals surface area contributed by atoms with E-state index in [1.54, 1.807) is 11.8 Å². The Morgan fingerprint density at radius 2 is 1.69 bits per heavy atom. The average molecular weight is 359 g/mol. The van der Waals surface area contributed by atoms with Gasteiger partial charge in [-0.15, -0.1) is 0 Å². The lowest BCUT2D eigenvalue weighted by atomic mass is 10.3. The van der Waals surface area contributed by atoms with Gasteiger partial charge in [0.15, 0.2) is 0 Å². The molecule has 82 valence electrons. The molecule has 0 spiro atoms. The molecule has 0 aromatic heterocycles. The molecule has 0 saturated carbocycles. The first-order valence-corrected chi connectivity index (χ1v) is 7.04. The molecule has 0 saturated heterocycles. The zero-order chi connectivity index (χ0) is 11.5. The van der Waals surface area contributed by atoms with Crippen molar-refractivity contribution in [1.82, 2.24) is 0 Å². The van der Waals surface area contributed by atoms with Crippen LogP contribution < -0.4 is 5.73 Å². The third kappa shape index (κ3) is 3.03. The summed E-state index contributed by atoms with van der Waals surface area (Å²) in [6.07, 6.45) is 0. The topological polar surface area (TPSA) is 26.0 Å². The number of benzene rings is 2. The van der Waals surface area contributed by atoms with Crippen LogP contribution in [0.4, 0.5) is 5.69 Å². The van der Waals surface area contributed by atoms with Crippen LogP contribution in [0.5, 0.6) is 0 Å². The number of hydrogen-bond acceptors (Lipinski definition) is 2. The molecule has 0 unspecified atom stereocenters. The van der Waals surface area contributed by atoms with E-state index >= 15 is 0 Å². The minimum Gasteiger partial charge on any atom is -0.398 e. The van der Waals surface area contributed by atoms with E-state index < -0.39 is 0 Å². The van der Waals surface area contributed by atoms with Crippen LogP contribution in [0.3, 0.4) is 0 Å². The fourth-order valence-corrected chi connectivity index (χ4v) is 3.28. The Hall–Kier alpha value is -0.450. The highest BCUT2D eigenvalue weighted by Gasteiger charge is 2.03. The van der Waals surface area contributed by atoms with E-state index in [1.165, 1.54) is 4.90 Å². The molecule has 16 heavy (non-hydrogen) atoms. The first-order chi connectivity index (χ1) is 7.65. The number of anilines is 1. The Morgan fingerprint density at radius 1 is 0.938 bits per heavy atom. The maximum absolute atomic E-state index is 5.92. The lowest BCUT2D eigenvalue weighted by molar-refractivity contribution is 1.38. The van der Waals surface area contributed by atoms with Crippen molar-refractivity contribution >= 4 is 49.3 Å². The van der Waals surface area contributed by atoms with Crippen molar-refractivity contribution in [1.29, 1.82) is 0 Å². The third-order valence-electron chi connectivity index (χ3n) is 2.00. The summed E-state index contributed by atoms with van der Waals surface area (Å²) in [5.74, 6) is 0. The standard InChI is InChI=1S/C12H9Br2NS/c13-8-2-1-3-10(6-8)16-12-7-9(14)4-5-11(12)15/h1-7H,15H2. The van der Waals surface area contributed by atoms with Gasteiger partial charge in [0.2, 0.25) is 0 Å². The van der Waals surface area contributed by atoms with Gasteiger partial charge in [-0.25, -0.2) is 0 Å². The molecule has 2 N–H and O–H groups in total. The quantitative estimate of drug-likeness (QED) is 0.769. The second-order valence-corrected chi connectivity index (χ2v) is 6.19. The summed E-state index contributed by atoms with van der Waals surface area (Å²) in [7, 11) is 0. The number of halogens is 2. The number of nitrogens with two attached hydrogens (primary N) is 1. The second-order valence-electron chi connectivity index (χ2n) is 3.24. The number of rotatable bonds is 2. The molecule has 0 atom stereocenters. The molecule has 1 nitrogen and oxygen atoms in total. The van der Waals surface area contributed by atoms with Gasteiger partial charge in [0, 0.05) is 24.4 Å². The highest BCUT2D eigenvalue weighted by Crippen LogP contribution is 2.34. The molecular formula is C12H9Br2NS. The van der Waals surface area contributed by atoms with Crippen LogP contribution in [0, 0.1) is 0 Å². The molecule has 0 aliphatic rings. The molecule has 0 fully saturated rings. The Labute approximate surface area is 116 Å². The van der Waals surface area contributed by atoms with E-state index in [1.807, 2.05) is 30.3 Å². The molecule has 2 rings (SSSR count). The maximum atomic E-state index is 5.92. The van der Waals surface area contributed by atoms with Crippen molar-refractivity contribution in [3.63, 3.8) is 0 Å². The van der Waals surface area contributed by atoms with Gasteiger partial charge in [0.05, 0.1) is 0 Å². The van der Waals surface area contributed by atoms with Gasteiger partial charge in [-0.05, 0) is 36.4 Å². The summed E-state index contributed by atoms with van der Waals surface area (Å²) in [6.45, 7) is 0. The van der Waals surface area contributed by atoms with E-state index in [0.29, 0.717) is 0 Å². The normalized spacial score (nSPS) is 10.4. The highest BCUT2D eigenvalue weighted by molar-refractivity contribution is 9.10. The molecule has 0 bridgehead atoms. The molecule has 0 radical (unpaired) electrons. The van der Waals surface area contributed by atoms with Crippen LogP contribution in [0.25, 0.3) is 0 Å². The minimum absolute atomic E-state index is 0.799. The zero-order valence-electron chi connectivity index (χ0n) is 8.28. The van der Waals surface area contributed by atoms with Crippen LogP contribution in [-0.2, 0) is 0 Å². The Bertz CT molecular complexity index is 514. The third-order valence-corrected chi connectivity index (χ3v) is 4.05. The van der Waals surface area contributed by atoms with Crippen LogP contribution in [-0.4, -0.2) is 0 Å². The molecule has 2 aromatic rings. The van der Waals surface area contributed by atoms with Gasteiger partial charge >= 0.3 is 0 Å². The van der Waals surface area contributed by atoms with Gasteiger partial charge in [-0.2, -0.15) is 0 Å². The van der Waals surface area contributed by atoms with Crippen molar-refractivity contribution in [3.8, 4) is 0 Å². The van der Waals surface area contributed by atoms with Crippen molar-refractivity contribution in [2.24, 2.45) is 0 Å². The number of nitrogen functional groups attached to an aromatic ring is 1. The lowest BCUT2D eigenvalue weighted by Crippen LogP contribution is -1.87. The SMILES string of the molecule is Nc1ccc(Br)cc1Sc1cccc(Br)c1. The molecule has 0 aliphatic carbocycles. The predicted octanol–water partition coefficient (Wildman–Crippen LogP) is 4.95. The van der Waals surface area contributed by atoms with E-state index in [9.17, 15) is 0 Å². The van der Waals surface area contributed by atoms with Crippen molar-refractivity contribution in [3.05, 3.63) is 51.4 Å². The lowest BCUT2D eigenvalue weighted by Gasteiger charge is -2.06. The second kappa shape index (κ2) is 5.25. The van der Waals surface area contributed by atoms with Crippen molar-refractivity contribution in [2.75, 3.05) is 5.73 Å². The average Bonchev–Trinajstić information content (AvgIpc) is 2.24. The Balaban J connectivity index is 2.30. The monoisotopic (exact) mass is 357 g/mol. The van der Waals surface area contributed by atoms with Gasteiger partial charge in [-0.3, -0.25) is 0 Å². The molecule has 4 heteroatoms. The van der Waals surface area contributed by atoms with Crippen LogP contribution in [0.2, 0.25) is 0 Å². The van der Waals surface area contributed by atoms with E-state index in [0.717, 1.165) is 19.5 Å².